The zero-order chi connectivity index (χ0) is 10.2. The van der Waals surface area contributed by atoms with Gasteiger partial charge in [-0.15, -0.1) is 0 Å². The second-order valence-electron chi connectivity index (χ2n) is 4.56. The normalized spacial score (nSPS) is 39.1. The number of carbonyl (C=O) groups excluding carboxylic acids is 1. The Balaban J connectivity index is 2.20. The molecular weight excluding hydrogens is 178 g/mol. The minimum atomic E-state index is -0.765. The van der Waals surface area contributed by atoms with Crippen LogP contribution in [0.4, 0.5) is 0 Å². The highest BCUT2D eigenvalue weighted by atomic mass is 16.1. The first-order chi connectivity index (χ1) is 6.64. The Morgan fingerprint density at radius 1 is 1.29 bits per heavy atom. The van der Waals surface area contributed by atoms with Gasteiger partial charge < -0.3 is 11.5 Å². The highest BCUT2D eigenvalue weighted by Crippen LogP contribution is 2.32. The maximum Gasteiger partial charge on any atom is 0.239 e. The van der Waals surface area contributed by atoms with Gasteiger partial charge in [-0.25, -0.2) is 0 Å². The molecule has 0 aromatic rings. The minimum absolute atomic E-state index is 0.197. The average molecular weight is 197 g/mol. The molecule has 2 rings (SSSR count). The lowest BCUT2D eigenvalue weighted by Gasteiger charge is -2.48. The molecule has 2 atom stereocenters. The number of nitrogens with two attached hydrogens (primary N) is 2. The second-order valence-corrected chi connectivity index (χ2v) is 4.56. The van der Waals surface area contributed by atoms with Crippen molar-refractivity contribution in [3.8, 4) is 0 Å². The smallest absolute Gasteiger partial charge is 0.239 e. The SMILES string of the molecule is NC(=O)C1(N)CCCN2CCCCC21. The first-order valence-corrected chi connectivity index (χ1v) is 5.47. The van der Waals surface area contributed by atoms with Gasteiger partial charge in [0.2, 0.25) is 5.91 Å². The van der Waals surface area contributed by atoms with Gasteiger partial charge in [-0.05, 0) is 38.8 Å². The van der Waals surface area contributed by atoms with E-state index in [2.05, 4.69) is 4.90 Å². The Labute approximate surface area is 84.6 Å². The van der Waals surface area contributed by atoms with E-state index < -0.39 is 5.54 Å². The van der Waals surface area contributed by atoms with Crippen molar-refractivity contribution in [2.45, 2.75) is 43.7 Å². The number of piperidine rings is 2. The van der Waals surface area contributed by atoms with Crippen molar-refractivity contribution in [1.82, 2.24) is 4.90 Å². The third kappa shape index (κ3) is 1.42. The second kappa shape index (κ2) is 3.51. The molecule has 2 aliphatic heterocycles. The molecule has 4 N–H and O–H groups in total. The number of rotatable bonds is 1. The van der Waals surface area contributed by atoms with Crippen LogP contribution in [-0.4, -0.2) is 35.5 Å². The summed E-state index contributed by atoms with van der Waals surface area (Å²) in [5.74, 6) is -0.325. The molecule has 0 aromatic carbocycles. The number of fused-ring (bicyclic) bond motifs is 1. The van der Waals surface area contributed by atoms with Crippen molar-refractivity contribution in [2.24, 2.45) is 11.5 Å². The quantitative estimate of drug-likeness (QED) is 0.612. The molecule has 14 heavy (non-hydrogen) atoms. The van der Waals surface area contributed by atoms with Crippen LogP contribution in [0.5, 0.6) is 0 Å². The third-order valence-corrected chi connectivity index (χ3v) is 3.70. The lowest BCUT2D eigenvalue weighted by Crippen LogP contribution is -2.68. The van der Waals surface area contributed by atoms with Gasteiger partial charge in [0.1, 0.15) is 5.54 Å². The van der Waals surface area contributed by atoms with E-state index in [1.54, 1.807) is 0 Å². The number of hydrogen-bond acceptors (Lipinski definition) is 3. The summed E-state index contributed by atoms with van der Waals surface area (Å²) in [5, 5.41) is 0. The van der Waals surface area contributed by atoms with Gasteiger partial charge in [0, 0.05) is 6.04 Å². The summed E-state index contributed by atoms with van der Waals surface area (Å²) < 4.78 is 0. The van der Waals surface area contributed by atoms with E-state index in [1.165, 1.54) is 12.8 Å². The van der Waals surface area contributed by atoms with Gasteiger partial charge in [0.15, 0.2) is 0 Å². The first-order valence-electron chi connectivity index (χ1n) is 5.47. The highest BCUT2D eigenvalue weighted by Gasteiger charge is 2.46. The molecule has 0 bridgehead atoms. The molecule has 2 aliphatic rings. The maximum atomic E-state index is 11.4. The van der Waals surface area contributed by atoms with Crippen molar-refractivity contribution in [1.29, 1.82) is 0 Å². The number of primary amides is 1. The summed E-state index contributed by atoms with van der Waals surface area (Å²) in [6.45, 7) is 2.16. The van der Waals surface area contributed by atoms with Crippen LogP contribution in [0.1, 0.15) is 32.1 Å². The minimum Gasteiger partial charge on any atom is -0.368 e. The van der Waals surface area contributed by atoms with E-state index in [1.807, 2.05) is 0 Å². The van der Waals surface area contributed by atoms with Crippen molar-refractivity contribution in [3.63, 3.8) is 0 Å². The number of amides is 1. The van der Waals surface area contributed by atoms with E-state index in [0.29, 0.717) is 0 Å². The summed E-state index contributed by atoms with van der Waals surface area (Å²) in [4.78, 5) is 13.7. The lowest BCUT2D eigenvalue weighted by molar-refractivity contribution is -0.128. The van der Waals surface area contributed by atoms with E-state index >= 15 is 0 Å². The van der Waals surface area contributed by atoms with Crippen molar-refractivity contribution in [2.75, 3.05) is 13.1 Å². The number of hydrogen-bond donors (Lipinski definition) is 2. The molecule has 0 aliphatic carbocycles. The van der Waals surface area contributed by atoms with Gasteiger partial charge in [0.05, 0.1) is 0 Å². The fourth-order valence-corrected chi connectivity index (χ4v) is 2.87. The molecular formula is C10H19N3O. The Kier molecular flexibility index (Phi) is 2.49. The van der Waals surface area contributed by atoms with Crippen LogP contribution < -0.4 is 11.5 Å². The van der Waals surface area contributed by atoms with Gasteiger partial charge in [-0.2, -0.15) is 0 Å². The van der Waals surface area contributed by atoms with E-state index in [9.17, 15) is 4.79 Å². The lowest BCUT2D eigenvalue weighted by atomic mass is 9.77. The van der Waals surface area contributed by atoms with Crippen molar-refractivity contribution in [3.05, 3.63) is 0 Å². The van der Waals surface area contributed by atoms with E-state index in [4.69, 9.17) is 11.5 Å². The monoisotopic (exact) mass is 197 g/mol. The largest absolute Gasteiger partial charge is 0.368 e. The molecule has 0 aromatic heterocycles. The first kappa shape index (κ1) is 9.93. The summed E-state index contributed by atoms with van der Waals surface area (Å²) in [5.41, 5.74) is 10.8. The van der Waals surface area contributed by atoms with Crippen LogP contribution in [0.15, 0.2) is 0 Å². The highest BCUT2D eigenvalue weighted by molar-refractivity contribution is 5.85. The molecule has 0 radical (unpaired) electrons. The zero-order valence-electron chi connectivity index (χ0n) is 8.54. The van der Waals surface area contributed by atoms with Crippen molar-refractivity contribution >= 4 is 5.91 Å². The Morgan fingerprint density at radius 2 is 2.00 bits per heavy atom. The Hall–Kier alpha value is -0.610. The number of carbonyl (C=O) groups is 1. The molecule has 2 fully saturated rings. The topological polar surface area (TPSA) is 72.3 Å². The molecule has 0 spiro atoms. The maximum absolute atomic E-state index is 11.4. The number of nitrogens with zero attached hydrogens (tertiary/aromatic N) is 1. The predicted molar refractivity (Wildman–Crippen MR) is 54.6 cm³/mol. The van der Waals surface area contributed by atoms with Gasteiger partial charge in [-0.1, -0.05) is 6.42 Å². The molecule has 4 heteroatoms. The Bertz CT molecular complexity index is 242. The van der Waals surface area contributed by atoms with Crippen LogP contribution in [0.25, 0.3) is 0 Å². The zero-order valence-corrected chi connectivity index (χ0v) is 8.54. The molecule has 2 unspecified atom stereocenters. The summed E-state index contributed by atoms with van der Waals surface area (Å²) in [6, 6.07) is 0.197. The fraction of sp³-hybridized carbons (Fsp3) is 0.900. The summed E-state index contributed by atoms with van der Waals surface area (Å²) in [6.07, 6.45) is 5.18. The fourth-order valence-electron chi connectivity index (χ4n) is 2.87. The van der Waals surface area contributed by atoms with Gasteiger partial charge in [-0.3, -0.25) is 9.69 Å². The van der Waals surface area contributed by atoms with Crippen molar-refractivity contribution < 1.29 is 4.79 Å². The van der Waals surface area contributed by atoms with Gasteiger partial charge in [0.25, 0.3) is 0 Å². The van der Waals surface area contributed by atoms with Crippen LogP contribution >= 0.6 is 0 Å². The molecule has 2 saturated heterocycles. The summed E-state index contributed by atoms with van der Waals surface area (Å²) >= 11 is 0. The van der Waals surface area contributed by atoms with Crippen LogP contribution in [0.2, 0.25) is 0 Å². The van der Waals surface area contributed by atoms with Crippen LogP contribution in [0.3, 0.4) is 0 Å². The van der Waals surface area contributed by atoms with Crippen LogP contribution in [0, 0.1) is 0 Å². The van der Waals surface area contributed by atoms with E-state index in [0.717, 1.165) is 32.4 Å². The standard InChI is InChI=1S/C10H19N3O/c11-9(14)10(12)5-3-7-13-6-2-1-4-8(10)13/h8H,1-7,12H2,(H2,11,14). The molecule has 4 nitrogen and oxygen atoms in total. The molecule has 2 heterocycles. The van der Waals surface area contributed by atoms with E-state index in [-0.39, 0.29) is 11.9 Å². The third-order valence-electron chi connectivity index (χ3n) is 3.70. The summed E-state index contributed by atoms with van der Waals surface area (Å²) in [7, 11) is 0. The molecule has 1 amide bonds. The average Bonchev–Trinajstić information content (AvgIpc) is 2.18. The molecule has 80 valence electrons. The molecule has 0 saturated carbocycles. The van der Waals surface area contributed by atoms with Gasteiger partial charge >= 0.3 is 0 Å². The predicted octanol–water partition coefficient (Wildman–Crippen LogP) is -0.183. The van der Waals surface area contributed by atoms with Crippen LogP contribution in [-0.2, 0) is 4.79 Å². The Morgan fingerprint density at radius 3 is 2.71 bits per heavy atom.